The normalized spacial score (nSPS) is 13.4. The van der Waals surface area contributed by atoms with Crippen molar-refractivity contribution in [3.05, 3.63) is 60.8 Å². The highest BCUT2D eigenvalue weighted by atomic mass is 16.6. The Labute approximate surface area is 381 Å². The van der Waals surface area contributed by atoms with Crippen LogP contribution in [0.1, 0.15) is 213 Å². The minimum absolute atomic E-state index is 0.0322. The van der Waals surface area contributed by atoms with E-state index in [4.69, 9.17) is 14.2 Å². The number of aliphatic carboxylic acids is 1. The summed E-state index contributed by atoms with van der Waals surface area (Å²) in [5.41, 5.74) is 0. The van der Waals surface area contributed by atoms with Crippen molar-refractivity contribution in [1.29, 1.82) is 0 Å². The van der Waals surface area contributed by atoms with E-state index in [9.17, 15) is 19.5 Å². The summed E-state index contributed by atoms with van der Waals surface area (Å²) in [6, 6.07) is -0.731. The lowest BCUT2D eigenvalue weighted by molar-refractivity contribution is -0.889. The second-order valence-electron chi connectivity index (χ2n) is 18.0. The summed E-state index contributed by atoms with van der Waals surface area (Å²) >= 11 is 0. The number of nitrogens with zero attached hydrogens (tertiary/aromatic N) is 1. The molecule has 2 unspecified atom stereocenters. The van der Waals surface area contributed by atoms with E-state index in [0.29, 0.717) is 12.8 Å². The van der Waals surface area contributed by atoms with Crippen LogP contribution < -0.4 is 5.11 Å². The number of likely N-dealkylation sites (N-methyl/N-ethyl adjacent to an activating group) is 1. The summed E-state index contributed by atoms with van der Waals surface area (Å²) in [7, 11) is 5.41. The highest BCUT2D eigenvalue weighted by molar-refractivity contribution is 5.70. The highest BCUT2D eigenvalue weighted by Crippen LogP contribution is 2.14. The van der Waals surface area contributed by atoms with Crippen molar-refractivity contribution >= 4 is 17.9 Å². The van der Waals surface area contributed by atoms with E-state index in [1.807, 2.05) is 0 Å². The Kier molecular flexibility index (Phi) is 42.5. The van der Waals surface area contributed by atoms with Crippen LogP contribution in [0.4, 0.5) is 0 Å². The molecule has 0 heterocycles. The average Bonchev–Trinajstić information content (AvgIpc) is 3.23. The van der Waals surface area contributed by atoms with Gasteiger partial charge in [0.25, 0.3) is 0 Å². The van der Waals surface area contributed by atoms with Crippen molar-refractivity contribution in [2.75, 3.05) is 41.0 Å². The summed E-state index contributed by atoms with van der Waals surface area (Å²) < 4.78 is 17.2. The summed E-state index contributed by atoms with van der Waals surface area (Å²) in [4.78, 5) is 37.0. The van der Waals surface area contributed by atoms with Gasteiger partial charge in [-0.15, -0.1) is 0 Å². The smallest absolute Gasteiger partial charge is 0.306 e. The van der Waals surface area contributed by atoms with Crippen LogP contribution in [0, 0.1) is 0 Å². The molecule has 0 aromatic carbocycles. The molecule has 62 heavy (non-hydrogen) atoms. The molecule has 0 rings (SSSR count). The molecule has 2 atom stereocenters. The van der Waals surface area contributed by atoms with Crippen LogP contribution in [-0.2, 0) is 28.6 Å². The number of allylic oxidation sites excluding steroid dienone is 10. The fourth-order valence-electron chi connectivity index (χ4n) is 7.23. The number of carboxylic acid groups (broad SMARTS) is 1. The highest BCUT2D eigenvalue weighted by Gasteiger charge is 2.25. The molecule has 0 aliphatic heterocycles. The Bertz CT molecular complexity index is 1200. The third-order valence-corrected chi connectivity index (χ3v) is 11.1. The minimum Gasteiger partial charge on any atom is -0.544 e. The van der Waals surface area contributed by atoms with E-state index in [0.717, 1.165) is 89.9 Å². The molecule has 8 nitrogen and oxygen atoms in total. The molecule has 0 aliphatic carbocycles. The van der Waals surface area contributed by atoms with Gasteiger partial charge in [-0.25, -0.2) is 0 Å². The second-order valence-corrected chi connectivity index (χ2v) is 18.0. The number of carboxylic acids is 1. The molecule has 0 fully saturated rings. The van der Waals surface area contributed by atoms with E-state index < -0.39 is 18.1 Å². The van der Waals surface area contributed by atoms with E-state index in [-0.39, 0.29) is 42.7 Å². The first kappa shape index (κ1) is 59.0. The van der Waals surface area contributed by atoms with E-state index in [1.54, 1.807) is 21.1 Å². The number of unbranched alkanes of at least 4 members (excludes halogenated alkanes) is 21. The predicted octanol–water partition coefficient (Wildman–Crippen LogP) is 13.2. The number of hydrogen-bond acceptors (Lipinski definition) is 7. The van der Waals surface area contributed by atoms with Gasteiger partial charge in [-0.3, -0.25) is 9.59 Å². The van der Waals surface area contributed by atoms with Crippen molar-refractivity contribution in [2.45, 2.75) is 225 Å². The van der Waals surface area contributed by atoms with Crippen LogP contribution in [0.25, 0.3) is 0 Å². The van der Waals surface area contributed by atoms with Crippen molar-refractivity contribution in [2.24, 2.45) is 0 Å². The van der Waals surface area contributed by atoms with Crippen LogP contribution >= 0.6 is 0 Å². The van der Waals surface area contributed by atoms with Gasteiger partial charge in [-0.05, 0) is 77.0 Å². The number of rotatable bonds is 45. The summed E-state index contributed by atoms with van der Waals surface area (Å²) in [5, 5.41) is 11.7. The van der Waals surface area contributed by atoms with Gasteiger partial charge in [0.1, 0.15) is 12.6 Å². The second kappa shape index (κ2) is 44.6. The number of quaternary nitrogens is 1. The average molecular weight is 870 g/mol. The van der Waals surface area contributed by atoms with Gasteiger partial charge < -0.3 is 28.6 Å². The molecule has 0 radical (unpaired) electrons. The van der Waals surface area contributed by atoms with Gasteiger partial charge in [0.15, 0.2) is 6.10 Å². The molecule has 0 saturated heterocycles. The molecule has 0 bridgehead atoms. The Morgan fingerprint density at radius 3 is 1.35 bits per heavy atom. The van der Waals surface area contributed by atoms with Crippen molar-refractivity contribution in [3.8, 4) is 0 Å². The van der Waals surface area contributed by atoms with Crippen LogP contribution in [0.2, 0.25) is 0 Å². The molecule has 0 aromatic rings. The third kappa shape index (κ3) is 42.3. The van der Waals surface area contributed by atoms with Gasteiger partial charge >= 0.3 is 11.9 Å². The Balaban J connectivity index is 4.30. The first-order valence-corrected chi connectivity index (χ1v) is 25.3. The molecule has 0 aliphatic rings. The third-order valence-electron chi connectivity index (χ3n) is 11.1. The van der Waals surface area contributed by atoms with Gasteiger partial charge in [0.05, 0.1) is 40.3 Å². The molecule has 0 amide bonds. The first-order chi connectivity index (χ1) is 30.1. The first-order valence-electron chi connectivity index (χ1n) is 25.3. The molecular weight excluding hydrogens is 775 g/mol. The molecule has 0 saturated carbocycles. The largest absolute Gasteiger partial charge is 0.544 e. The van der Waals surface area contributed by atoms with Crippen molar-refractivity contribution < 1.29 is 38.2 Å². The molecule has 8 heteroatoms. The quantitative estimate of drug-likeness (QED) is 0.0260. The van der Waals surface area contributed by atoms with E-state index in [1.165, 1.54) is 89.9 Å². The number of ether oxygens (including phenoxy) is 3. The molecule has 0 spiro atoms. The van der Waals surface area contributed by atoms with Gasteiger partial charge in [-0.2, -0.15) is 0 Å². The molecular formula is C54H95NO7. The summed E-state index contributed by atoms with van der Waals surface area (Å²) in [6.45, 7) is 4.54. The minimum atomic E-state index is -1.13. The SMILES string of the molecule is CC/C=C/C/C=C/C/C=C/C/C=C/CCCCCCCCCC(=O)OC(COCCC(C(=O)[O-])[N+](C)(C)C)COC(=O)CCCCCCC/C=C/CCCCCCCCCCC. The maximum Gasteiger partial charge on any atom is 0.306 e. The number of carbonyl (C=O) groups is 3. The lowest BCUT2D eigenvalue weighted by Crippen LogP contribution is -2.55. The lowest BCUT2D eigenvalue weighted by Gasteiger charge is -2.34. The Morgan fingerprint density at radius 2 is 0.903 bits per heavy atom. The molecule has 0 N–H and O–H groups in total. The Morgan fingerprint density at radius 1 is 0.500 bits per heavy atom. The Hall–Kier alpha value is -2.97. The maximum atomic E-state index is 12.8. The zero-order valence-electron chi connectivity index (χ0n) is 40.8. The monoisotopic (exact) mass is 870 g/mol. The fourth-order valence-corrected chi connectivity index (χ4v) is 7.23. The molecule has 358 valence electrons. The number of carbonyl (C=O) groups excluding carboxylic acids is 3. The topological polar surface area (TPSA) is 102 Å². The van der Waals surface area contributed by atoms with Crippen LogP contribution in [0.3, 0.4) is 0 Å². The number of hydrogen-bond donors (Lipinski definition) is 0. The summed E-state index contributed by atoms with van der Waals surface area (Å²) in [5.74, 6) is -1.76. The van der Waals surface area contributed by atoms with Gasteiger partial charge in [0.2, 0.25) is 0 Å². The zero-order valence-corrected chi connectivity index (χ0v) is 40.8. The summed E-state index contributed by atoms with van der Waals surface area (Å²) in [6.07, 6.45) is 55.3. The maximum absolute atomic E-state index is 12.8. The van der Waals surface area contributed by atoms with Gasteiger partial charge in [0, 0.05) is 19.3 Å². The zero-order chi connectivity index (χ0) is 45.6. The lowest BCUT2D eigenvalue weighted by atomic mass is 10.1. The standard InChI is InChI=1S/C54H95NO7/c1-6-8-10-12-14-16-18-20-22-24-26-27-29-31-33-35-37-39-41-43-45-53(57)62-50(48-60-47-46-51(54(58)59)55(3,4)5)49-61-52(56)44-42-40-38-36-34-32-30-28-25-23-21-19-17-15-13-11-9-7-2/h8,10,14,16,20,22,26-28,30,50-51H,6-7,9,11-13,15,17-19,21,23-25,29,31-49H2,1-5H3/b10-8+,16-14+,22-20+,27-26+,30-28+. The molecule has 0 aromatic heterocycles. The van der Waals surface area contributed by atoms with E-state index in [2.05, 4.69) is 74.6 Å². The van der Waals surface area contributed by atoms with Crippen LogP contribution in [0.15, 0.2) is 60.8 Å². The number of esters is 2. The van der Waals surface area contributed by atoms with Gasteiger partial charge in [-0.1, -0.05) is 177 Å². The van der Waals surface area contributed by atoms with E-state index >= 15 is 0 Å². The van der Waals surface area contributed by atoms with Crippen molar-refractivity contribution in [1.82, 2.24) is 0 Å². The predicted molar refractivity (Wildman–Crippen MR) is 259 cm³/mol. The van der Waals surface area contributed by atoms with Crippen molar-refractivity contribution in [3.63, 3.8) is 0 Å². The van der Waals surface area contributed by atoms with Crippen LogP contribution in [-0.4, -0.2) is 75.5 Å². The fraction of sp³-hybridized carbons (Fsp3) is 0.759. The van der Waals surface area contributed by atoms with Crippen LogP contribution in [0.5, 0.6) is 0 Å².